The number of carbonyl (C=O) groups excluding carboxylic acids is 10. The number of carbonyl (C=O) groups is 10. The molecular weight excluding hydrogens is 1560 g/mol. The fourth-order valence-electron chi connectivity index (χ4n) is 16.2. The molecule has 4 amide bonds. The van der Waals surface area contributed by atoms with E-state index >= 15 is 0 Å². The molecule has 3 saturated heterocycles. The molecule has 0 spiro atoms. The van der Waals surface area contributed by atoms with Crippen molar-refractivity contribution in [2.45, 2.75) is 382 Å². The van der Waals surface area contributed by atoms with Gasteiger partial charge in [0.15, 0.2) is 24.7 Å². The predicted octanol–water partition coefficient (Wildman–Crippen LogP) is 15.2. The number of hydrogen-bond acceptors (Lipinski definition) is 23. The Morgan fingerprint density at radius 1 is 0.336 bits per heavy atom. The molecule has 15 unspecified atom stereocenters. The zero-order chi connectivity index (χ0) is 89.1. The number of nitrogens with one attached hydrogen (secondary N) is 5. The Hall–Kier alpha value is -5.88. The van der Waals surface area contributed by atoms with E-state index in [0.717, 1.165) is 193 Å². The van der Waals surface area contributed by atoms with Crippen LogP contribution < -0.4 is 26.6 Å². The van der Waals surface area contributed by atoms with Crippen LogP contribution in [-0.4, -0.2) is 212 Å². The van der Waals surface area contributed by atoms with Gasteiger partial charge in [0, 0.05) is 106 Å². The van der Waals surface area contributed by atoms with Gasteiger partial charge >= 0.3 is 17.9 Å². The highest BCUT2D eigenvalue weighted by atomic mass is 16.7. The summed E-state index contributed by atoms with van der Waals surface area (Å²) in [6, 6.07) is 8.14. The molecule has 0 aliphatic carbocycles. The minimum atomic E-state index is -1.07. The fourth-order valence-corrected chi connectivity index (χ4v) is 16.2. The molecule has 4 rings (SSSR count). The predicted molar refractivity (Wildman–Crippen MR) is 469 cm³/mol. The standard InChI is InChI=1S/C95H163N5O22/c1-69-72(4)89(98-75(7)101)92(120-85(69)63-117-78(10)104)114-56-45-36-30-24-18-13-15-21-27-33-42-50-82(107)52-59-111-66-95(97-62-84(109)81-48-40-39-41-49-81,67-112-60-53-83(108)51-43-34-28-22-16-14-19-25-31-37-46-57-115-93-90(99-76(8)102)73(5)70(2)86(121-93)64-118-79(11)105)68-113-61-54-88(110)96-55-44-35-29-23-17-20-26-32-38-47-58-116-94-91(100-77(9)103)74(6)71(3)87(122-94)65-119-80(12)106/h39-41,48-49,69-74,85-87,89-94,97H,13-38,42-47,50-68H2,1-12H3,(H,96,110)(H,98,101)(H,99,102)(H,100,103). The van der Waals surface area contributed by atoms with Gasteiger partial charge in [0.1, 0.15) is 31.4 Å². The number of ether oxygens (including phenoxy) is 12. The minimum Gasteiger partial charge on any atom is -0.463 e. The second kappa shape index (κ2) is 65.6. The summed E-state index contributed by atoms with van der Waals surface area (Å²) < 4.78 is 72.0. The lowest BCUT2D eigenvalue weighted by atomic mass is 9.82. The Labute approximate surface area is 732 Å². The molecule has 3 fully saturated rings. The lowest BCUT2D eigenvalue weighted by Gasteiger charge is -2.44. The molecule has 0 aromatic heterocycles. The zero-order valence-corrected chi connectivity index (χ0v) is 77.1. The third-order valence-corrected chi connectivity index (χ3v) is 24.5. The van der Waals surface area contributed by atoms with Crippen molar-refractivity contribution in [1.29, 1.82) is 0 Å². The number of unbranched alkanes of at least 4 members (excludes halogenated alkanes) is 29. The van der Waals surface area contributed by atoms with E-state index in [9.17, 15) is 47.9 Å². The first-order valence-electron chi connectivity index (χ1n) is 47.1. The van der Waals surface area contributed by atoms with Gasteiger partial charge in [0.25, 0.3) is 0 Å². The van der Waals surface area contributed by atoms with E-state index in [4.69, 9.17) is 56.8 Å². The molecule has 1 aromatic rings. The first-order valence-corrected chi connectivity index (χ1v) is 47.1. The molecule has 5 N–H and O–H groups in total. The van der Waals surface area contributed by atoms with E-state index < -0.39 is 24.4 Å². The molecule has 15 atom stereocenters. The van der Waals surface area contributed by atoms with E-state index in [0.29, 0.717) is 44.8 Å². The summed E-state index contributed by atoms with van der Waals surface area (Å²) in [5, 5.41) is 15.5. The number of esters is 3. The van der Waals surface area contributed by atoms with Crippen LogP contribution >= 0.6 is 0 Å². The van der Waals surface area contributed by atoms with Crippen LogP contribution in [0.5, 0.6) is 0 Å². The van der Waals surface area contributed by atoms with Gasteiger partial charge in [-0.3, -0.25) is 53.3 Å². The highest BCUT2D eigenvalue weighted by Gasteiger charge is 2.46. The van der Waals surface area contributed by atoms with Crippen LogP contribution in [0, 0.1) is 35.5 Å². The number of amides is 4. The fraction of sp³-hybridized carbons (Fsp3) is 0.832. The number of hydrogen-bond donors (Lipinski definition) is 5. The van der Waals surface area contributed by atoms with Gasteiger partial charge in [0.05, 0.1) is 88.2 Å². The SMILES string of the molecule is CC(=O)NC1C(OCCCCCCCCCCCCCC(=O)CCOCC(COCCC(=O)CCCCCCCCCCCCCOC2OC(COC(C)=O)C(C)C(C)C2NC(C)=O)(COCCC(=O)NCCCCCCCCCCCCOC2OC(COC(C)=O)C(C)C(C)C2NC(C)=O)NCC(=O)c2ccccc2)OC(COC(C)=O)C(C)C1C. The van der Waals surface area contributed by atoms with Gasteiger partial charge in [-0.15, -0.1) is 0 Å². The average molecular weight is 1730 g/mol. The summed E-state index contributed by atoms with van der Waals surface area (Å²) >= 11 is 0. The minimum absolute atomic E-state index is 0.0336. The topological polar surface area (TPSA) is 342 Å². The number of Topliss-reactive ketones (excluding diaryl/α,β-unsaturated/α-hetero) is 3. The molecule has 27 nitrogen and oxygen atoms in total. The Kier molecular flexibility index (Phi) is 58.4. The van der Waals surface area contributed by atoms with Crippen molar-refractivity contribution in [3.63, 3.8) is 0 Å². The van der Waals surface area contributed by atoms with Crippen LogP contribution in [-0.2, 0) is 100.0 Å². The highest BCUT2D eigenvalue weighted by molar-refractivity contribution is 5.97. The van der Waals surface area contributed by atoms with E-state index in [1.807, 2.05) is 39.0 Å². The van der Waals surface area contributed by atoms with Gasteiger partial charge in [0.2, 0.25) is 23.6 Å². The van der Waals surface area contributed by atoms with Crippen LogP contribution in [0.1, 0.15) is 331 Å². The molecule has 0 bridgehead atoms. The van der Waals surface area contributed by atoms with Gasteiger partial charge in [-0.05, 0) is 74.0 Å². The number of benzene rings is 1. The summed E-state index contributed by atoms with van der Waals surface area (Å²) in [5.74, 6) is -1.13. The molecule has 3 heterocycles. The Morgan fingerprint density at radius 2 is 0.623 bits per heavy atom. The summed E-state index contributed by atoms with van der Waals surface area (Å²) in [6.45, 7) is 24.0. The van der Waals surface area contributed by atoms with Crippen LogP contribution in [0.2, 0.25) is 0 Å². The van der Waals surface area contributed by atoms with E-state index in [2.05, 4.69) is 47.4 Å². The third kappa shape index (κ3) is 48.2. The van der Waals surface area contributed by atoms with Crippen LogP contribution in [0.3, 0.4) is 0 Å². The van der Waals surface area contributed by atoms with Crippen molar-refractivity contribution in [3.05, 3.63) is 35.9 Å². The maximum atomic E-state index is 13.7. The normalized spacial score (nSPS) is 23.2. The smallest absolute Gasteiger partial charge is 0.302 e. The molecule has 3 aliphatic heterocycles. The average Bonchev–Trinajstić information content (AvgIpc) is 0.811. The van der Waals surface area contributed by atoms with Crippen molar-refractivity contribution in [3.8, 4) is 0 Å². The third-order valence-electron chi connectivity index (χ3n) is 24.5. The van der Waals surface area contributed by atoms with E-state index in [-0.39, 0.29) is 216 Å². The van der Waals surface area contributed by atoms with Gasteiger partial charge in [-0.2, -0.15) is 0 Å². The maximum Gasteiger partial charge on any atom is 0.302 e. The monoisotopic (exact) mass is 1730 g/mol. The molecule has 0 radical (unpaired) electrons. The molecule has 27 heteroatoms. The summed E-state index contributed by atoms with van der Waals surface area (Å²) in [4.78, 5) is 124. The van der Waals surface area contributed by atoms with E-state index in [1.54, 1.807) is 12.1 Å². The van der Waals surface area contributed by atoms with Crippen molar-refractivity contribution in [1.82, 2.24) is 26.6 Å². The number of rotatable bonds is 72. The van der Waals surface area contributed by atoms with Crippen molar-refractivity contribution < 1.29 is 105 Å². The first-order chi connectivity index (χ1) is 58.7. The summed E-state index contributed by atoms with van der Waals surface area (Å²) in [6.07, 6.45) is 32.6. The van der Waals surface area contributed by atoms with Gasteiger partial charge in [-0.1, -0.05) is 239 Å². The van der Waals surface area contributed by atoms with Crippen molar-refractivity contribution in [2.75, 3.05) is 92.4 Å². The number of ketones is 3. The second-order valence-electron chi connectivity index (χ2n) is 35.1. The summed E-state index contributed by atoms with van der Waals surface area (Å²) in [7, 11) is 0. The Bertz CT molecular complexity index is 2780. The lowest BCUT2D eigenvalue weighted by Crippen LogP contribution is -2.58. The second-order valence-corrected chi connectivity index (χ2v) is 35.1. The molecule has 122 heavy (non-hydrogen) atoms. The molecule has 1 aromatic carbocycles. The molecule has 700 valence electrons. The lowest BCUT2D eigenvalue weighted by molar-refractivity contribution is -0.244. The van der Waals surface area contributed by atoms with Crippen LogP contribution in [0.15, 0.2) is 30.3 Å². The largest absolute Gasteiger partial charge is 0.463 e. The quantitative estimate of drug-likeness (QED) is 0.0175. The first kappa shape index (κ1) is 108. The molecule has 0 saturated carbocycles. The van der Waals surface area contributed by atoms with Crippen molar-refractivity contribution in [2.24, 2.45) is 35.5 Å². The summed E-state index contributed by atoms with van der Waals surface area (Å²) in [5.41, 5.74) is -0.530. The van der Waals surface area contributed by atoms with Gasteiger partial charge < -0.3 is 78.1 Å². The van der Waals surface area contributed by atoms with Crippen molar-refractivity contribution >= 4 is 58.9 Å². The van der Waals surface area contributed by atoms with Crippen LogP contribution in [0.4, 0.5) is 0 Å². The zero-order valence-electron chi connectivity index (χ0n) is 77.1. The molecular formula is C95H163N5O22. The Balaban J connectivity index is 1.17. The maximum absolute atomic E-state index is 13.7. The molecule has 3 aliphatic rings. The van der Waals surface area contributed by atoms with Crippen LogP contribution in [0.25, 0.3) is 0 Å². The van der Waals surface area contributed by atoms with Gasteiger partial charge in [-0.25, -0.2) is 0 Å². The Morgan fingerprint density at radius 3 is 0.926 bits per heavy atom. The highest BCUT2D eigenvalue weighted by Crippen LogP contribution is 2.35. The van der Waals surface area contributed by atoms with E-state index in [1.165, 1.54) is 54.4 Å².